The van der Waals surface area contributed by atoms with Gasteiger partial charge in [0.2, 0.25) is 5.91 Å². The molecule has 0 aliphatic carbocycles. The van der Waals surface area contributed by atoms with E-state index < -0.39 is 0 Å². The second-order valence-electron chi connectivity index (χ2n) is 4.73. The van der Waals surface area contributed by atoms with Gasteiger partial charge in [-0.15, -0.1) is 0 Å². The average molecular weight is 269 g/mol. The smallest absolute Gasteiger partial charge is 0.221 e. The summed E-state index contributed by atoms with van der Waals surface area (Å²) in [5, 5.41) is 6.28. The molecule has 1 aromatic heterocycles. The number of hydrogen-bond acceptors (Lipinski definition) is 3. The van der Waals surface area contributed by atoms with Crippen LogP contribution in [0.25, 0.3) is 0 Å². The minimum absolute atomic E-state index is 0.0576. The molecule has 0 spiro atoms. The van der Waals surface area contributed by atoms with Crippen LogP contribution in [0, 0.1) is 0 Å². The SMILES string of the molecule is CC(=O)Nc1ccccc1CN[C@@H](C)c1cccnc1. The molecule has 1 amide bonds. The van der Waals surface area contributed by atoms with E-state index in [1.54, 1.807) is 6.20 Å². The molecule has 0 unspecified atom stereocenters. The summed E-state index contributed by atoms with van der Waals surface area (Å²) in [4.78, 5) is 15.3. The highest BCUT2D eigenvalue weighted by atomic mass is 16.1. The van der Waals surface area contributed by atoms with Crippen molar-refractivity contribution < 1.29 is 4.79 Å². The van der Waals surface area contributed by atoms with Gasteiger partial charge in [-0.2, -0.15) is 0 Å². The molecule has 0 fully saturated rings. The van der Waals surface area contributed by atoms with Crippen LogP contribution in [0.5, 0.6) is 0 Å². The second-order valence-corrected chi connectivity index (χ2v) is 4.73. The quantitative estimate of drug-likeness (QED) is 0.877. The van der Waals surface area contributed by atoms with Crippen LogP contribution in [0.2, 0.25) is 0 Å². The Morgan fingerprint density at radius 2 is 2.05 bits per heavy atom. The summed E-state index contributed by atoms with van der Waals surface area (Å²) in [6.07, 6.45) is 3.62. The van der Waals surface area contributed by atoms with Crippen molar-refractivity contribution in [2.24, 2.45) is 0 Å². The number of nitrogens with zero attached hydrogens (tertiary/aromatic N) is 1. The molecule has 2 N–H and O–H groups in total. The maximum Gasteiger partial charge on any atom is 0.221 e. The van der Waals surface area contributed by atoms with Gasteiger partial charge in [0.15, 0.2) is 0 Å². The molecule has 2 aromatic rings. The normalized spacial score (nSPS) is 11.9. The van der Waals surface area contributed by atoms with E-state index in [-0.39, 0.29) is 11.9 Å². The van der Waals surface area contributed by atoms with Crippen LogP contribution in [-0.2, 0) is 11.3 Å². The standard InChI is InChI=1S/C16H19N3O/c1-12(14-7-5-9-17-10-14)18-11-15-6-3-4-8-16(15)19-13(2)20/h3-10,12,18H,11H2,1-2H3,(H,19,20)/t12-/m0/s1. The van der Waals surface area contributed by atoms with Crippen LogP contribution in [-0.4, -0.2) is 10.9 Å². The van der Waals surface area contributed by atoms with Crippen LogP contribution >= 0.6 is 0 Å². The lowest BCUT2D eigenvalue weighted by Crippen LogP contribution is -2.19. The van der Waals surface area contributed by atoms with E-state index in [0.717, 1.165) is 16.8 Å². The van der Waals surface area contributed by atoms with Crippen molar-refractivity contribution in [3.63, 3.8) is 0 Å². The number of hydrogen-bond donors (Lipinski definition) is 2. The Labute approximate surface area is 119 Å². The number of amides is 1. The molecular weight excluding hydrogens is 250 g/mol. The highest BCUT2D eigenvalue weighted by Crippen LogP contribution is 2.17. The number of rotatable bonds is 5. The number of benzene rings is 1. The van der Waals surface area contributed by atoms with Gasteiger partial charge in [-0.05, 0) is 30.2 Å². The first kappa shape index (κ1) is 14.2. The molecule has 1 aromatic carbocycles. The van der Waals surface area contributed by atoms with E-state index in [0.29, 0.717) is 6.54 Å². The predicted molar refractivity (Wildman–Crippen MR) is 80.2 cm³/mol. The first-order valence-electron chi connectivity index (χ1n) is 6.65. The third kappa shape index (κ3) is 3.90. The Morgan fingerprint density at radius 1 is 1.25 bits per heavy atom. The fourth-order valence-electron chi connectivity index (χ4n) is 2.00. The Balaban J connectivity index is 2.02. The molecule has 1 heterocycles. The van der Waals surface area contributed by atoms with E-state index in [1.165, 1.54) is 6.92 Å². The maximum atomic E-state index is 11.2. The molecule has 0 aliphatic heterocycles. The predicted octanol–water partition coefficient (Wildman–Crippen LogP) is 2.89. The van der Waals surface area contributed by atoms with Gasteiger partial charge in [0.05, 0.1) is 0 Å². The zero-order chi connectivity index (χ0) is 14.4. The summed E-state index contributed by atoms with van der Waals surface area (Å²) in [5.41, 5.74) is 3.06. The van der Waals surface area contributed by atoms with E-state index in [1.807, 2.05) is 42.6 Å². The number of nitrogens with one attached hydrogen (secondary N) is 2. The van der Waals surface area contributed by atoms with Gasteiger partial charge in [-0.3, -0.25) is 9.78 Å². The molecule has 2 rings (SSSR count). The largest absolute Gasteiger partial charge is 0.326 e. The molecular formula is C16H19N3O. The van der Waals surface area contributed by atoms with Gasteiger partial charge >= 0.3 is 0 Å². The molecule has 0 aliphatic rings. The maximum absolute atomic E-state index is 11.2. The fourth-order valence-corrected chi connectivity index (χ4v) is 2.00. The van der Waals surface area contributed by atoms with Crippen molar-refractivity contribution in [3.05, 3.63) is 59.9 Å². The molecule has 20 heavy (non-hydrogen) atoms. The number of para-hydroxylation sites is 1. The topological polar surface area (TPSA) is 54.0 Å². The van der Waals surface area contributed by atoms with Crippen molar-refractivity contribution in [1.29, 1.82) is 0 Å². The number of carbonyl (C=O) groups is 1. The Kier molecular flexibility index (Phi) is 4.85. The van der Waals surface area contributed by atoms with Crippen LogP contribution < -0.4 is 10.6 Å². The average Bonchev–Trinajstić information content (AvgIpc) is 2.46. The first-order chi connectivity index (χ1) is 9.66. The van der Waals surface area contributed by atoms with Crippen molar-refractivity contribution >= 4 is 11.6 Å². The van der Waals surface area contributed by atoms with E-state index in [9.17, 15) is 4.79 Å². The first-order valence-corrected chi connectivity index (χ1v) is 6.65. The van der Waals surface area contributed by atoms with Crippen LogP contribution in [0.1, 0.15) is 31.0 Å². The van der Waals surface area contributed by atoms with Crippen molar-refractivity contribution in [3.8, 4) is 0 Å². The van der Waals surface area contributed by atoms with Gasteiger partial charge in [-0.1, -0.05) is 24.3 Å². The summed E-state index contributed by atoms with van der Waals surface area (Å²) >= 11 is 0. The highest BCUT2D eigenvalue weighted by molar-refractivity contribution is 5.89. The number of carbonyl (C=O) groups excluding carboxylic acids is 1. The summed E-state index contributed by atoms with van der Waals surface area (Å²) in [6.45, 7) is 4.30. The second kappa shape index (κ2) is 6.82. The molecule has 1 atom stereocenters. The van der Waals surface area contributed by atoms with Gasteiger partial charge in [0.1, 0.15) is 0 Å². The van der Waals surface area contributed by atoms with Crippen LogP contribution in [0.15, 0.2) is 48.8 Å². The monoisotopic (exact) mass is 269 g/mol. The van der Waals surface area contributed by atoms with Gasteiger partial charge in [0.25, 0.3) is 0 Å². The van der Waals surface area contributed by atoms with Crippen LogP contribution in [0.4, 0.5) is 5.69 Å². The zero-order valence-corrected chi connectivity index (χ0v) is 11.8. The summed E-state index contributed by atoms with van der Waals surface area (Å²) < 4.78 is 0. The summed E-state index contributed by atoms with van der Waals surface area (Å²) in [6, 6.07) is 12.0. The van der Waals surface area contributed by atoms with E-state index in [4.69, 9.17) is 0 Å². The van der Waals surface area contributed by atoms with Crippen molar-refractivity contribution in [2.75, 3.05) is 5.32 Å². The Morgan fingerprint density at radius 3 is 2.75 bits per heavy atom. The Bertz CT molecular complexity index is 569. The van der Waals surface area contributed by atoms with Crippen molar-refractivity contribution in [1.82, 2.24) is 10.3 Å². The summed E-state index contributed by atoms with van der Waals surface area (Å²) in [7, 11) is 0. The lowest BCUT2D eigenvalue weighted by atomic mass is 10.1. The molecule has 0 saturated heterocycles. The van der Waals surface area contributed by atoms with Gasteiger partial charge in [-0.25, -0.2) is 0 Å². The third-order valence-corrected chi connectivity index (χ3v) is 3.11. The zero-order valence-electron chi connectivity index (χ0n) is 11.8. The third-order valence-electron chi connectivity index (χ3n) is 3.11. The number of anilines is 1. The van der Waals surface area contributed by atoms with Crippen molar-refractivity contribution in [2.45, 2.75) is 26.4 Å². The molecule has 0 saturated carbocycles. The highest BCUT2D eigenvalue weighted by Gasteiger charge is 2.07. The van der Waals surface area contributed by atoms with E-state index >= 15 is 0 Å². The number of aromatic nitrogens is 1. The van der Waals surface area contributed by atoms with E-state index in [2.05, 4.69) is 22.5 Å². The minimum Gasteiger partial charge on any atom is -0.326 e. The lowest BCUT2D eigenvalue weighted by molar-refractivity contribution is -0.114. The van der Waals surface area contributed by atoms with Crippen LogP contribution in [0.3, 0.4) is 0 Å². The van der Waals surface area contributed by atoms with Gasteiger partial charge < -0.3 is 10.6 Å². The molecule has 0 radical (unpaired) electrons. The molecule has 0 bridgehead atoms. The molecule has 4 heteroatoms. The molecule has 4 nitrogen and oxygen atoms in total. The fraction of sp³-hybridized carbons (Fsp3) is 0.250. The number of pyridine rings is 1. The van der Waals surface area contributed by atoms with Gasteiger partial charge in [0, 0.05) is 37.6 Å². The molecule has 104 valence electrons. The summed E-state index contributed by atoms with van der Waals surface area (Å²) in [5.74, 6) is -0.0576. The minimum atomic E-state index is -0.0576. The Hall–Kier alpha value is -2.20. The lowest BCUT2D eigenvalue weighted by Gasteiger charge is -2.16.